The van der Waals surface area contributed by atoms with Crippen molar-refractivity contribution in [3.63, 3.8) is 0 Å². The number of nitrogens with one attached hydrogen (secondary N) is 2. The minimum Gasteiger partial charge on any atom is -0.397 e. The second kappa shape index (κ2) is 10.4. The quantitative estimate of drug-likeness (QED) is 0.325. The number of carbonyl (C=O) groups excluding carboxylic acids is 2. The number of hydrogen-bond donors (Lipinski definition) is 3. The average molecular weight is 481 g/mol. The lowest BCUT2D eigenvalue weighted by atomic mass is 9.88. The van der Waals surface area contributed by atoms with Crippen LogP contribution < -0.4 is 16.4 Å². The Morgan fingerprint density at radius 3 is 2.28 bits per heavy atom. The molecule has 184 valence electrons. The smallest absolute Gasteiger partial charge is 0.248 e. The largest absolute Gasteiger partial charge is 0.397 e. The highest BCUT2D eigenvalue weighted by Crippen LogP contribution is 2.40. The lowest BCUT2D eigenvalue weighted by Gasteiger charge is -2.19. The Hall–Kier alpha value is -3.90. The van der Waals surface area contributed by atoms with Crippen LogP contribution in [0.2, 0.25) is 0 Å². The van der Waals surface area contributed by atoms with Gasteiger partial charge in [-0.15, -0.1) is 0 Å². The van der Waals surface area contributed by atoms with E-state index in [0.29, 0.717) is 17.3 Å². The highest BCUT2D eigenvalue weighted by atomic mass is 16.2. The molecule has 2 fully saturated rings. The maximum absolute atomic E-state index is 13.2. The molecule has 3 aromatic rings. The summed E-state index contributed by atoms with van der Waals surface area (Å²) >= 11 is 0. The Morgan fingerprint density at radius 1 is 0.889 bits per heavy atom. The molecule has 0 bridgehead atoms. The number of likely N-dealkylation sites (N-methyl/N-ethyl adjacent to an activating group) is 1. The fourth-order valence-electron chi connectivity index (χ4n) is 4.91. The second-order valence-corrected chi connectivity index (χ2v) is 9.90. The first-order valence-corrected chi connectivity index (χ1v) is 12.5. The van der Waals surface area contributed by atoms with E-state index in [4.69, 9.17) is 5.73 Å². The molecule has 0 radical (unpaired) electrons. The molecule has 36 heavy (non-hydrogen) atoms. The number of benzene rings is 3. The van der Waals surface area contributed by atoms with E-state index in [1.165, 1.54) is 24.5 Å². The van der Waals surface area contributed by atoms with Gasteiger partial charge in [-0.05, 0) is 72.8 Å². The summed E-state index contributed by atoms with van der Waals surface area (Å²) in [5.74, 6) is 0.517. The molecule has 0 spiro atoms. The van der Waals surface area contributed by atoms with Gasteiger partial charge in [0.15, 0.2) is 0 Å². The first-order valence-electron chi connectivity index (χ1n) is 12.5. The zero-order chi connectivity index (χ0) is 25.1. The number of hydrogen-bond acceptors (Lipinski definition) is 4. The van der Waals surface area contributed by atoms with Crippen molar-refractivity contribution in [3.8, 4) is 0 Å². The third-order valence-electron chi connectivity index (χ3n) is 7.08. The summed E-state index contributed by atoms with van der Waals surface area (Å²) < 4.78 is 0. The van der Waals surface area contributed by atoms with Gasteiger partial charge < -0.3 is 21.3 Å². The Morgan fingerprint density at radius 2 is 1.58 bits per heavy atom. The van der Waals surface area contributed by atoms with Crippen LogP contribution in [0.5, 0.6) is 0 Å². The molecule has 6 heteroatoms. The molecule has 4 N–H and O–H groups in total. The topological polar surface area (TPSA) is 87.5 Å². The van der Waals surface area contributed by atoms with Crippen molar-refractivity contribution in [1.82, 2.24) is 4.90 Å². The zero-order valence-electron chi connectivity index (χ0n) is 20.5. The molecule has 6 nitrogen and oxygen atoms in total. The van der Waals surface area contributed by atoms with Gasteiger partial charge in [0, 0.05) is 30.8 Å². The van der Waals surface area contributed by atoms with E-state index in [-0.39, 0.29) is 23.7 Å². The molecule has 0 aromatic heterocycles. The van der Waals surface area contributed by atoms with Gasteiger partial charge in [0.1, 0.15) is 0 Å². The monoisotopic (exact) mass is 480 g/mol. The zero-order valence-corrected chi connectivity index (χ0v) is 20.5. The molecule has 3 aromatic carbocycles. The highest BCUT2D eigenvalue weighted by molar-refractivity contribution is 6.03. The molecule has 2 amide bonds. The molecule has 2 aliphatic rings. The molecule has 1 aliphatic heterocycles. The minimum absolute atomic E-state index is 0.0596. The highest BCUT2D eigenvalue weighted by Gasteiger charge is 2.37. The van der Waals surface area contributed by atoms with Crippen molar-refractivity contribution in [2.45, 2.75) is 24.7 Å². The van der Waals surface area contributed by atoms with Crippen molar-refractivity contribution in [3.05, 3.63) is 95.6 Å². The van der Waals surface area contributed by atoms with Gasteiger partial charge in [-0.3, -0.25) is 9.59 Å². The van der Waals surface area contributed by atoms with Crippen molar-refractivity contribution >= 4 is 35.0 Å². The fraction of sp³-hybridized carbons (Fsp3) is 0.267. The van der Waals surface area contributed by atoms with Crippen LogP contribution in [-0.4, -0.2) is 36.9 Å². The van der Waals surface area contributed by atoms with E-state index in [0.717, 1.165) is 29.9 Å². The molecule has 5 rings (SSSR count). The predicted molar refractivity (Wildman–Crippen MR) is 146 cm³/mol. The van der Waals surface area contributed by atoms with E-state index in [1.54, 1.807) is 18.2 Å². The van der Waals surface area contributed by atoms with E-state index in [9.17, 15) is 9.59 Å². The number of amides is 2. The molecular formula is C30H32N4O2. The van der Waals surface area contributed by atoms with Gasteiger partial charge in [-0.1, -0.05) is 48.5 Å². The van der Waals surface area contributed by atoms with Crippen LogP contribution in [0, 0.1) is 5.92 Å². The van der Waals surface area contributed by atoms with Crippen LogP contribution in [0.15, 0.2) is 78.9 Å². The molecule has 1 heterocycles. The summed E-state index contributed by atoms with van der Waals surface area (Å²) in [5.41, 5.74) is 11.3. The number of likely N-dealkylation sites (tertiary alicyclic amines) is 1. The van der Waals surface area contributed by atoms with Gasteiger partial charge in [-0.2, -0.15) is 0 Å². The maximum atomic E-state index is 13.2. The standard InChI is InChI=1S/C30H32N4O2/c1-34-18-25(26(19-34)30(36)32-24-15-13-22(14-16-24)21-11-12-21)23-9-6-20(7-10-23)8-17-29(35)33-28-5-3-2-4-27(28)31/h2-10,13-17,21,25-26H,11-12,18-19,31H2,1H3,(H,32,36)(H,33,35)/b17-8+. The first kappa shape index (κ1) is 23.8. The van der Waals surface area contributed by atoms with E-state index >= 15 is 0 Å². The first-order chi connectivity index (χ1) is 17.5. The summed E-state index contributed by atoms with van der Waals surface area (Å²) in [6, 6.07) is 23.5. The Labute approximate surface area is 212 Å². The van der Waals surface area contributed by atoms with Crippen LogP contribution in [0.1, 0.15) is 41.4 Å². The van der Waals surface area contributed by atoms with E-state index in [1.807, 2.05) is 36.4 Å². The average Bonchev–Trinajstić information content (AvgIpc) is 3.66. The molecule has 1 aliphatic carbocycles. The van der Waals surface area contributed by atoms with Crippen molar-refractivity contribution < 1.29 is 9.59 Å². The molecule has 1 saturated heterocycles. The Balaban J connectivity index is 1.21. The number of rotatable bonds is 7. The fourth-order valence-corrected chi connectivity index (χ4v) is 4.91. The van der Waals surface area contributed by atoms with Crippen LogP contribution in [0.4, 0.5) is 17.1 Å². The Bertz CT molecular complexity index is 1260. The van der Waals surface area contributed by atoms with Crippen LogP contribution >= 0.6 is 0 Å². The third kappa shape index (κ3) is 5.66. The number of nitrogens with two attached hydrogens (primary N) is 1. The number of anilines is 3. The predicted octanol–water partition coefficient (Wildman–Crippen LogP) is 5.08. The van der Waals surface area contributed by atoms with E-state index < -0.39 is 0 Å². The van der Waals surface area contributed by atoms with Crippen LogP contribution in [-0.2, 0) is 9.59 Å². The number of para-hydroxylation sites is 2. The minimum atomic E-state index is -0.240. The van der Waals surface area contributed by atoms with Gasteiger partial charge in [0.2, 0.25) is 11.8 Å². The number of nitrogen functional groups attached to an aromatic ring is 1. The summed E-state index contributed by atoms with van der Waals surface area (Å²) in [4.78, 5) is 27.7. The van der Waals surface area contributed by atoms with Crippen LogP contribution in [0.3, 0.4) is 0 Å². The lowest BCUT2D eigenvalue weighted by Crippen LogP contribution is -2.28. The maximum Gasteiger partial charge on any atom is 0.248 e. The van der Waals surface area contributed by atoms with Gasteiger partial charge in [-0.25, -0.2) is 0 Å². The molecule has 2 unspecified atom stereocenters. The number of carbonyl (C=O) groups is 2. The third-order valence-corrected chi connectivity index (χ3v) is 7.08. The van der Waals surface area contributed by atoms with Crippen LogP contribution in [0.25, 0.3) is 6.08 Å². The summed E-state index contributed by atoms with van der Waals surface area (Å²) in [6.45, 7) is 1.55. The van der Waals surface area contributed by atoms with Gasteiger partial charge in [0.25, 0.3) is 0 Å². The number of nitrogens with zero attached hydrogens (tertiary/aromatic N) is 1. The Kier molecular flexibility index (Phi) is 6.87. The normalized spacial score (nSPS) is 19.9. The SMILES string of the molecule is CN1CC(C(=O)Nc2ccc(C3CC3)cc2)C(c2ccc(/C=C/C(=O)Nc3ccccc3N)cc2)C1. The summed E-state index contributed by atoms with van der Waals surface area (Å²) in [6.07, 6.45) is 5.81. The molecule has 2 atom stereocenters. The van der Waals surface area contributed by atoms with E-state index in [2.05, 4.69) is 46.8 Å². The summed E-state index contributed by atoms with van der Waals surface area (Å²) in [7, 11) is 2.06. The van der Waals surface area contributed by atoms with Crippen molar-refractivity contribution in [2.75, 3.05) is 36.5 Å². The summed E-state index contributed by atoms with van der Waals surface area (Å²) in [5, 5.41) is 5.92. The molecule has 1 saturated carbocycles. The van der Waals surface area contributed by atoms with Gasteiger partial charge in [0.05, 0.1) is 17.3 Å². The van der Waals surface area contributed by atoms with Crippen molar-refractivity contribution in [2.24, 2.45) is 5.92 Å². The van der Waals surface area contributed by atoms with Gasteiger partial charge >= 0.3 is 0 Å². The second-order valence-electron chi connectivity index (χ2n) is 9.90. The van der Waals surface area contributed by atoms with Crippen molar-refractivity contribution in [1.29, 1.82) is 0 Å². The molecular weight excluding hydrogens is 448 g/mol. The lowest BCUT2D eigenvalue weighted by molar-refractivity contribution is -0.119.